The molecule has 4 heteroatoms. The Hall–Kier alpha value is -0.570. The molecule has 0 aromatic rings. The van der Waals surface area contributed by atoms with E-state index in [1.54, 1.807) is 0 Å². The van der Waals surface area contributed by atoms with Crippen molar-refractivity contribution in [3.63, 3.8) is 0 Å². The largest absolute Gasteiger partial charge is 0.272 e. The summed E-state index contributed by atoms with van der Waals surface area (Å²) in [5.74, 6) is 0.461. The Labute approximate surface area is 102 Å². The molecule has 0 aliphatic heterocycles. The summed E-state index contributed by atoms with van der Waals surface area (Å²) >= 11 is 5.43. The molecule has 2 atom stereocenters. The molecule has 3 nitrogen and oxygen atoms in total. The molecule has 1 amide bonds. The maximum atomic E-state index is 11.1. The summed E-state index contributed by atoms with van der Waals surface area (Å²) in [7, 11) is 0. The lowest BCUT2D eigenvalue weighted by Crippen LogP contribution is -2.34. The SMILES string of the molecule is CC1(C)[C@H]2CC[C@]1(C)/C(=N\NC(=O)CCl)C2. The van der Waals surface area contributed by atoms with Gasteiger partial charge in [-0.3, -0.25) is 4.79 Å². The monoisotopic (exact) mass is 242 g/mol. The van der Waals surface area contributed by atoms with Crippen LogP contribution in [0.25, 0.3) is 0 Å². The van der Waals surface area contributed by atoms with E-state index >= 15 is 0 Å². The zero-order valence-corrected chi connectivity index (χ0v) is 10.9. The highest BCUT2D eigenvalue weighted by atomic mass is 35.5. The summed E-state index contributed by atoms with van der Waals surface area (Å²) < 4.78 is 0. The highest BCUT2D eigenvalue weighted by molar-refractivity contribution is 6.27. The minimum atomic E-state index is -0.224. The first-order valence-corrected chi connectivity index (χ1v) is 6.37. The number of carbonyl (C=O) groups is 1. The zero-order chi connectivity index (χ0) is 12.0. The molecule has 2 saturated carbocycles. The number of hydrogen-bond acceptors (Lipinski definition) is 2. The van der Waals surface area contributed by atoms with E-state index < -0.39 is 0 Å². The Balaban J connectivity index is 2.18. The van der Waals surface area contributed by atoms with Crippen LogP contribution in [-0.2, 0) is 4.79 Å². The Morgan fingerprint density at radius 1 is 1.56 bits per heavy atom. The average molecular weight is 243 g/mol. The van der Waals surface area contributed by atoms with Crippen molar-refractivity contribution in [1.82, 2.24) is 5.43 Å². The summed E-state index contributed by atoms with van der Waals surface area (Å²) in [4.78, 5) is 11.1. The van der Waals surface area contributed by atoms with Crippen molar-refractivity contribution in [2.24, 2.45) is 21.8 Å². The molecule has 2 aliphatic carbocycles. The van der Waals surface area contributed by atoms with Crippen LogP contribution in [-0.4, -0.2) is 17.5 Å². The van der Waals surface area contributed by atoms with Crippen molar-refractivity contribution in [1.29, 1.82) is 0 Å². The van der Waals surface area contributed by atoms with Crippen molar-refractivity contribution in [2.75, 3.05) is 5.88 Å². The molecule has 0 unspecified atom stereocenters. The Bertz CT molecular complexity index is 351. The van der Waals surface area contributed by atoms with Crippen LogP contribution < -0.4 is 5.43 Å². The van der Waals surface area contributed by atoms with Crippen LogP contribution in [0.4, 0.5) is 0 Å². The molecule has 2 rings (SSSR count). The van der Waals surface area contributed by atoms with Gasteiger partial charge in [0.25, 0.3) is 5.91 Å². The number of alkyl halides is 1. The van der Waals surface area contributed by atoms with Crippen LogP contribution in [0.1, 0.15) is 40.0 Å². The number of hydrazone groups is 1. The summed E-state index contributed by atoms with van der Waals surface area (Å²) in [6.07, 6.45) is 3.48. The molecule has 16 heavy (non-hydrogen) atoms. The molecule has 0 heterocycles. The third-order valence-electron chi connectivity index (χ3n) is 4.95. The molecule has 0 radical (unpaired) electrons. The highest BCUT2D eigenvalue weighted by Crippen LogP contribution is 2.63. The first-order valence-electron chi connectivity index (χ1n) is 5.83. The van der Waals surface area contributed by atoms with E-state index in [-0.39, 0.29) is 17.2 Å². The van der Waals surface area contributed by atoms with Crippen molar-refractivity contribution >= 4 is 23.2 Å². The van der Waals surface area contributed by atoms with Crippen LogP contribution >= 0.6 is 11.6 Å². The topological polar surface area (TPSA) is 41.5 Å². The van der Waals surface area contributed by atoms with Crippen LogP contribution in [0.15, 0.2) is 5.10 Å². The number of halogens is 1. The number of rotatable bonds is 2. The third-order valence-corrected chi connectivity index (χ3v) is 5.19. The molecule has 0 saturated heterocycles. The highest BCUT2D eigenvalue weighted by Gasteiger charge is 2.59. The minimum absolute atomic E-state index is 0.0275. The Morgan fingerprint density at radius 3 is 2.69 bits per heavy atom. The van der Waals surface area contributed by atoms with Crippen molar-refractivity contribution in [2.45, 2.75) is 40.0 Å². The quantitative estimate of drug-likeness (QED) is 0.587. The lowest BCUT2D eigenvalue weighted by Gasteiger charge is -2.34. The van der Waals surface area contributed by atoms with Gasteiger partial charge in [0.2, 0.25) is 0 Å². The molecule has 0 spiro atoms. The second kappa shape index (κ2) is 3.73. The molecule has 2 bridgehead atoms. The number of amides is 1. The molecule has 0 aromatic carbocycles. The van der Waals surface area contributed by atoms with Gasteiger partial charge in [-0.15, -0.1) is 11.6 Å². The summed E-state index contributed by atoms with van der Waals surface area (Å²) in [5.41, 5.74) is 4.14. The molecule has 0 aromatic heterocycles. The summed E-state index contributed by atoms with van der Waals surface area (Å²) in [5, 5.41) is 4.28. The van der Waals surface area contributed by atoms with Crippen LogP contribution in [0.2, 0.25) is 0 Å². The maximum Gasteiger partial charge on any atom is 0.254 e. The number of fused-ring (bicyclic) bond motifs is 2. The second-order valence-electron chi connectivity index (χ2n) is 5.72. The van der Waals surface area contributed by atoms with Gasteiger partial charge in [0.1, 0.15) is 5.88 Å². The van der Waals surface area contributed by atoms with Gasteiger partial charge in [0, 0.05) is 11.1 Å². The second-order valence-corrected chi connectivity index (χ2v) is 5.99. The van der Waals surface area contributed by atoms with Crippen molar-refractivity contribution < 1.29 is 4.79 Å². The maximum absolute atomic E-state index is 11.1. The van der Waals surface area contributed by atoms with Gasteiger partial charge in [-0.25, -0.2) is 5.43 Å². The lowest BCUT2D eigenvalue weighted by molar-refractivity contribution is -0.118. The van der Waals surface area contributed by atoms with Gasteiger partial charge in [-0.2, -0.15) is 5.10 Å². The van der Waals surface area contributed by atoms with Crippen LogP contribution in [0.5, 0.6) is 0 Å². The number of nitrogens with one attached hydrogen (secondary N) is 1. The Kier molecular flexibility index (Phi) is 2.77. The number of carbonyl (C=O) groups excluding carboxylic acids is 1. The van der Waals surface area contributed by atoms with Gasteiger partial charge < -0.3 is 0 Å². The standard InChI is InChI=1S/C12H19ClN2O/c1-11(2)8-4-5-12(11,3)9(6-8)14-15-10(16)7-13/h8H,4-7H2,1-3H3,(H,15,16)/b14-9-/t8-,12+/m0/s1. The van der Waals surface area contributed by atoms with E-state index in [1.807, 2.05) is 0 Å². The smallest absolute Gasteiger partial charge is 0.254 e. The molecule has 90 valence electrons. The van der Waals surface area contributed by atoms with Gasteiger partial charge in [-0.05, 0) is 30.6 Å². The van der Waals surface area contributed by atoms with Crippen LogP contribution in [0.3, 0.4) is 0 Å². The van der Waals surface area contributed by atoms with E-state index in [4.69, 9.17) is 11.6 Å². The molecular formula is C12H19ClN2O. The van der Waals surface area contributed by atoms with Gasteiger partial charge in [-0.1, -0.05) is 20.8 Å². The number of hydrogen-bond donors (Lipinski definition) is 1. The lowest BCUT2D eigenvalue weighted by atomic mass is 9.70. The molecular weight excluding hydrogens is 224 g/mol. The molecule has 2 fully saturated rings. The minimum Gasteiger partial charge on any atom is -0.272 e. The van der Waals surface area contributed by atoms with Crippen molar-refractivity contribution in [3.05, 3.63) is 0 Å². The third kappa shape index (κ3) is 1.48. The van der Waals surface area contributed by atoms with Gasteiger partial charge in [0.15, 0.2) is 0 Å². The van der Waals surface area contributed by atoms with Crippen LogP contribution in [0, 0.1) is 16.7 Å². The van der Waals surface area contributed by atoms with Crippen molar-refractivity contribution in [3.8, 4) is 0 Å². The molecule has 2 aliphatic rings. The Morgan fingerprint density at radius 2 is 2.25 bits per heavy atom. The van der Waals surface area contributed by atoms with E-state index in [9.17, 15) is 4.79 Å². The van der Waals surface area contributed by atoms with E-state index in [0.29, 0.717) is 11.3 Å². The summed E-state index contributed by atoms with van der Waals surface area (Å²) in [6.45, 7) is 6.90. The first kappa shape index (κ1) is 11.9. The molecule has 1 N–H and O–H groups in total. The van der Waals surface area contributed by atoms with E-state index in [0.717, 1.165) is 12.1 Å². The summed E-state index contributed by atoms with van der Waals surface area (Å²) in [6, 6.07) is 0. The fraction of sp³-hybridized carbons (Fsp3) is 0.833. The zero-order valence-electron chi connectivity index (χ0n) is 10.1. The number of nitrogens with zero attached hydrogens (tertiary/aromatic N) is 1. The van der Waals surface area contributed by atoms with Gasteiger partial charge in [0.05, 0.1) is 0 Å². The fourth-order valence-corrected chi connectivity index (χ4v) is 3.32. The predicted octanol–water partition coefficient (Wildman–Crippen LogP) is 2.54. The fourth-order valence-electron chi connectivity index (χ4n) is 3.26. The predicted molar refractivity (Wildman–Crippen MR) is 65.5 cm³/mol. The van der Waals surface area contributed by atoms with E-state index in [2.05, 4.69) is 31.3 Å². The normalized spacial score (nSPS) is 38.0. The first-order chi connectivity index (χ1) is 7.41. The van der Waals surface area contributed by atoms with Gasteiger partial charge >= 0.3 is 0 Å². The van der Waals surface area contributed by atoms with E-state index in [1.165, 1.54) is 12.8 Å². The average Bonchev–Trinajstić information content (AvgIpc) is 2.58.